The van der Waals surface area contributed by atoms with Crippen molar-refractivity contribution in [1.29, 1.82) is 0 Å². The molecule has 25 heavy (non-hydrogen) atoms. The van der Waals surface area contributed by atoms with Crippen molar-refractivity contribution in [3.05, 3.63) is 35.4 Å². The van der Waals surface area contributed by atoms with E-state index in [0.717, 1.165) is 6.54 Å². The molecule has 0 aromatic heterocycles. The van der Waals surface area contributed by atoms with Crippen LogP contribution in [0.15, 0.2) is 24.3 Å². The third kappa shape index (κ3) is 4.62. The van der Waals surface area contributed by atoms with Crippen LogP contribution in [0, 0.1) is 5.92 Å². The fourth-order valence-corrected chi connectivity index (χ4v) is 4.91. The molecule has 0 saturated carbocycles. The highest BCUT2D eigenvalue weighted by molar-refractivity contribution is 5.76. The standard InChI is InChI=1S/C21H31N3O/c25-21(13-18-11-19-6-7-20(12-18)23-19)22-14-16-4-3-5-17(10-16)15-24-8-1-2-9-24/h3-5,10,18-20,23H,1-2,6-9,11-15H2,(H,22,25). The zero-order valence-corrected chi connectivity index (χ0v) is 15.2. The number of benzene rings is 1. The van der Waals surface area contributed by atoms with Gasteiger partial charge < -0.3 is 10.6 Å². The fourth-order valence-electron chi connectivity index (χ4n) is 4.91. The number of nitrogens with one attached hydrogen (secondary N) is 2. The maximum absolute atomic E-state index is 12.3. The molecule has 0 aliphatic carbocycles. The smallest absolute Gasteiger partial charge is 0.220 e. The summed E-state index contributed by atoms with van der Waals surface area (Å²) in [4.78, 5) is 14.9. The van der Waals surface area contributed by atoms with E-state index in [9.17, 15) is 4.79 Å². The van der Waals surface area contributed by atoms with Gasteiger partial charge in [-0.3, -0.25) is 9.69 Å². The van der Waals surface area contributed by atoms with Crippen LogP contribution in [0.1, 0.15) is 56.1 Å². The summed E-state index contributed by atoms with van der Waals surface area (Å²) in [7, 11) is 0. The van der Waals surface area contributed by atoms with E-state index in [-0.39, 0.29) is 5.91 Å². The summed E-state index contributed by atoms with van der Waals surface area (Å²) in [5.41, 5.74) is 2.58. The molecule has 1 aromatic rings. The molecular formula is C21H31N3O. The molecule has 4 nitrogen and oxygen atoms in total. The Balaban J connectivity index is 1.24. The SMILES string of the molecule is O=C(CC1CC2CCC(C1)N2)NCc1cccc(CN2CCCC2)c1. The van der Waals surface area contributed by atoms with E-state index in [1.54, 1.807) is 0 Å². The van der Waals surface area contributed by atoms with Crippen molar-refractivity contribution >= 4 is 5.91 Å². The molecule has 3 aliphatic heterocycles. The van der Waals surface area contributed by atoms with Gasteiger partial charge in [-0.15, -0.1) is 0 Å². The zero-order chi connectivity index (χ0) is 17.1. The number of likely N-dealkylation sites (tertiary alicyclic amines) is 1. The highest BCUT2D eigenvalue weighted by Gasteiger charge is 2.34. The lowest BCUT2D eigenvalue weighted by molar-refractivity contribution is -0.122. The van der Waals surface area contributed by atoms with Crippen LogP contribution in [-0.4, -0.2) is 36.0 Å². The Hall–Kier alpha value is -1.39. The fraction of sp³-hybridized carbons (Fsp3) is 0.667. The van der Waals surface area contributed by atoms with E-state index >= 15 is 0 Å². The number of carbonyl (C=O) groups excluding carboxylic acids is 1. The summed E-state index contributed by atoms with van der Waals surface area (Å²) < 4.78 is 0. The number of nitrogens with zero attached hydrogens (tertiary/aromatic N) is 1. The van der Waals surface area contributed by atoms with Crippen LogP contribution in [-0.2, 0) is 17.9 Å². The van der Waals surface area contributed by atoms with E-state index in [2.05, 4.69) is 39.8 Å². The molecule has 136 valence electrons. The summed E-state index contributed by atoms with van der Waals surface area (Å²) in [6.45, 7) is 4.14. The molecule has 3 fully saturated rings. The number of piperidine rings is 1. The second-order valence-corrected chi connectivity index (χ2v) is 8.26. The lowest BCUT2D eigenvalue weighted by Crippen LogP contribution is -2.39. The van der Waals surface area contributed by atoms with Crippen LogP contribution in [0.25, 0.3) is 0 Å². The third-order valence-corrected chi connectivity index (χ3v) is 6.13. The molecule has 0 spiro atoms. The third-order valence-electron chi connectivity index (χ3n) is 6.13. The summed E-state index contributed by atoms with van der Waals surface area (Å²) in [6, 6.07) is 10.0. The van der Waals surface area contributed by atoms with Crippen LogP contribution in [0.2, 0.25) is 0 Å². The first-order valence-corrected chi connectivity index (χ1v) is 10.1. The summed E-state index contributed by atoms with van der Waals surface area (Å²) in [5.74, 6) is 0.788. The highest BCUT2D eigenvalue weighted by atomic mass is 16.1. The largest absolute Gasteiger partial charge is 0.352 e. The van der Waals surface area contributed by atoms with Crippen LogP contribution in [0.4, 0.5) is 0 Å². The molecule has 0 radical (unpaired) electrons. The molecule has 3 saturated heterocycles. The second kappa shape index (κ2) is 7.88. The number of hydrogen-bond acceptors (Lipinski definition) is 3. The number of fused-ring (bicyclic) bond motifs is 2. The van der Waals surface area contributed by atoms with Gasteiger partial charge in [0.1, 0.15) is 0 Å². The van der Waals surface area contributed by atoms with E-state index in [4.69, 9.17) is 0 Å². The lowest BCUT2D eigenvalue weighted by atomic mass is 9.89. The molecule has 1 aromatic carbocycles. The van der Waals surface area contributed by atoms with Crippen LogP contribution in [0.5, 0.6) is 0 Å². The van der Waals surface area contributed by atoms with E-state index < -0.39 is 0 Å². The summed E-state index contributed by atoms with van der Waals surface area (Å²) in [5, 5.41) is 6.80. The van der Waals surface area contributed by atoms with Gasteiger partial charge in [-0.2, -0.15) is 0 Å². The minimum Gasteiger partial charge on any atom is -0.352 e. The van der Waals surface area contributed by atoms with Crippen molar-refractivity contribution in [2.24, 2.45) is 5.92 Å². The monoisotopic (exact) mass is 341 g/mol. The predicted molar refractivity (Wildman–Crippen MR) is 100 cm³/mol. The molecule has 4 heteroatoms. The Morgan fingerprint density at radius 3 is 2.60 bits per heavy atom. The number of amides is 1. The number of rotatable bonds is 6. The van der Waals surface area contributed by atoms with Gasteiger partial charge in [0.25, 0.3) is 0 Å². The highest BCUT2D eigenvalue weighted by Crippen LogP contribution is 2.32. The predicted octanol–water partition coefficient (Wildman–Crippen LogP) is 2.82. The zero-order valence-electron chi connectivity index (χ0n) is 15.2. The molecule has 2 unspecified atom stereocenters. The minimum absolute atomic E-state index is 0.219. The topological polar surface area (TPSA) is 44.4 Å². The molecule has 4 rings (SSSR count). The van der Waals surface area contributed by atoms with Gasteiger partial charge in [0, 0.05) is 31.6 Å². The maximum atomic E-state index is 12.3. The Bertz CT molecular complexity index is 585. The van der Waals surface area contributed by atoms with Crippen molar-refractivity contribution < 1.29 is 4.79 Å². The first-order valence-electron chi connectivity index (χ1n) is 10.1. The number of hydrogen-bond donors (Lipinski definition) is 2. The molecule has 1 amide bonds. The first-order chi connectivity index (χ1) is 12.2. The lowest BCUT2D eigenvalue weighted by Gasteiger charge is -2.28. The van der Waals surface area contributed by atoms with Gasteiger partial charge in [-0.05, 0) is 68.7 Å². The van der Waals surface area contributed by atoms with E-state index in [1.807, 2.05) is 0 Å². The van der Waals surface area contributed by atoms with Gasteiger partial charge in [0.2, 0.25) is 5.91 Å². The second-order valence-electron chi connectivity index (χ2n) is 8.26. The summed E-state index contributed by atoms with van der Waals surface area (Å²) >= 11 is 0. The summed E-state index contributed by atoms with van der Waals surface area (Å²) in [6.07, 6.45) is 8.30. The normalized spacial score (nSPS) is 29.0. The Kier molecular flexibility index (Phi) is 5.37. The average Bonchev–Trinajstić information content (AvgIpc) is 3.23. The molecular weight excluding hydrogens is 310 g/mol. The van der Waals surface area contributed by atoms with Gasteiger partial charge in [-0.25, -0.2) is 0 Å². The van der Waals surface area contributed by atoms with Crippen LogP contribution < -0.4 is 10.6 Å². The van der Waals surface area contributed by atoms with Gasteiger partial charge in [0.05, 0.1) is 0 Å². The van der Waals surface area contributed by atoms with E-state index in [0.29, 0.717) is 31.0 Å². The quantitative estimate of drug-likeness (QED) is 0.836. The Morgan fingerprint density at radius 2 is 1.84 bits per heavy atom. The first kappa shape index (κ1) is 17.0. The minimum atomic E-state index is 0.219. The van der Waals surface area contributed by atoms with Crippen molar-refractivity contribution in [3.8, 4) is 0 Å². The average molecular weight is 341 g/mol. The molecule has 2 N–H and O–H groups in total. The maximum Gasteiger partial charge on any atom is 0.220 e. The molecule has 2 bridgehead atoms. The van der Waals surface area contributed by atoms with Crippen molar-refractivity contribution in [3.63, 3.8) is 0 Å². The van der Waals surface area contributed by atoms with Crippen LogP contribution >= 0.6 is 0 Å². The van der Waals surface area contributed by atoms with Gasteiger partial charge in [-0.1, -0.05) is 24.3 Å². The van der Waals surface area contributed by atoms with Crippen LogP contribution in [0.3, 0.4) is 0 Å². The molecule has 3 aliphatic rings. The molecule has 2 atom stereocenters. The molecule has 3 heterocycles. The Labute approximate surface area is 151 Å². The number of carbonyl (C=O) groups is 1. The van der Waals surface area contributed by atoms with E-state index in [1.165, 1.54) is 62.7 Å². The van der Waals surface area contributed by atoms with Crippen molar-refractivity contribution in [2.75, 3.05) is 13.1 Å². The van der Waals surface area contributed by atoms with Gasteiger partial charge >= 0.3 is 0 Å². The Morgan fingerprint density at radius 1 is 1.12 bits per heavy atom. The van der Waals surface area contributed by atoms with Crippen molar-refractivity contribution in [1.82, 2.24) is 15.5 Å². The van der Waals surface area contributed by atoms with Gasteiger partial charge in [0.15, 0.2) is 0 Å². The van der Waals surface area contributed by atoms with Crippen molar-refractivity contribution in [2.45, 2.75) is 70.1 Å².